The minimum Gasteiger partial charge on any atom is -0.481 e. The molecule has 1 fully saturated rings. The summed E-state index contributed by atoms with van der Waals surface area (Å²) in [4.78, 5) is 24.7. The highest BCUT2D eigenvalue weighted by Gasteiger charge is 2.36. The number of rotatable bonds is 6. The summed E-state index contributed by atoms with van der Waals surface area (Å²) >= 11 is 0. The van der Waals surface area contributed by atoms with Gasteiger partial charge < -0.3 is 15.3 Å². The lowest BCUT2D eigenvalue weighted by molar-refractivity contribution is -0.141. The lowest BCUT2D eigenvalue weighted by atomic mass is 9.78. The number of amides is 2. The first kappa shape index (κ1) is 18.3. The molecule has 1 aliphatic rings. The van der Waals surface area contributed by atoms with Crippen molar-refractivity contribution in [1.29, 1.82) is 0 Å². The number of nitrogens with zero attached hydrogens (tertiary/aromatic N) is 1. The predicted molar refractivity (Wildman–Crippen MR) is 94.2 cm³/mol. The third kappa shape index (κ3) is 4.28. The van der Waals surface area contributed by atoms with Gasteiger partial charge in [0.15, 0.2) is 0 Å². The molecule has 24 heavy (non-hydrogen) atoms. The Balaban J connectivity index is 2.01. The maximum Gasteiger partial charge on any atom is 0.317 e. The maximum atomic E-state index is 12.3. The Morgan fingerprint density at radius 1 is 1.33 bits per heavy atom. The Bertz CT molecular complexity index is 594. The van der Waals surface area contributed by atoms with Crippen molar-refractivity contribution in [2.45, 2.75) is 44.9 Å². The lowest BCUT2D eigenvalue weighted by Gasteiger charge is -2.31. The SMILES string of the molecule is Cc1cccc(C2(CNC(=O)N(C)CC(C)C(=O)O)CCCC2)c1. The zero-order chi connectivity index (χ0) is 17.7. The monoisotopic (exact) mass is 332 g/mol. The van der Waals surface area contributed by atoms with Crippen LogP contribution in [0.2, 0.25) is 0 Å². The second kappa shape index (κ2) is 7.69. The van der Waals surface area contributed by atoms with Gasteiger partial charge in [0.25, 0.3) is 0 Å². The summed E-state index contributed by atoms with van der Waals surface area (Å²) in [5, 5.41) is 12.0. The quantitative estimate of drug-likeness (QED) is 0.840. The van der Waals surface area contributed by atoms with Crippen molar-refractivity contribution >= 4 is 12.0 Å². The van der Waals surface area contributed by atoms with Crippen LogP contribution in [0, 0.1) is 12.8 Å². The molecule has 1 aliphatic carbocycles. The number of hydrogen-bond acceptors (Lipinski definition) is 2. The zero-order valence-electron chi connectivity index (χ0n) is 14.8. The van der Waals surface area contributed by atoms with E-state index in [2.05, 4.69) is 36.5 Å². The van der Waals surface area contributed by atoms with Gasteiger partial charge >= 0.3 is 12.0 Å². The average Bonchev–Trinajstić information content (AvgIpc) is 3.02. The summed E-state index contributed by atoms with van der Waals surface area (Å²) in [6.45, 7) is 4.50. The van der Waals surface area contributed by atoms with Crippen LogP contribution >= 0.6 is 0 Å². The van der Waals surface area contributed by atoms with Crippen LogP contribution in [0.3, 0.4) is 0 Å². The van der Waals surface area contributed by atoms with Crippen LogP contribution in [0.25, 0.3) is 0 Å². The van der Waals surface area contributed by atoms with Crippen LogP contribution in [0.5, 0.6) is 0 Å². The van der Waals surface area contributed by atoms with Gasteiger partial charge in [0.1, 0.15) is 0 Å². The maximum absolute atomic E-state index is 12.3. The molecule has 0 saturated heterocycles. The predicted octanol–water partition coefficient (Wildman–Crippen LogP) is 3.17. The lowest BCUT2D eigenvalue weighted by Crippen LogP contribution is -2.46. The average molecular weight is 332 g/mol. The van der Waals surface area contributed by atoms with E-state index in [0.717, 1.165) is 12.8 Å². The molecule has 132 valence electrons. The molecule has 1 aromatic rings. The summed E-state index contributed by atoms with van der Waals surface area (Å²) in [5.74, 6) is -1.46. The molecule has 2 amide bonds. The first-order chi connectivity index (χ1) is 11.3. The molecule has 0 spiro atoms. The number of nitrogens with one attached hydrogen (secondary N) is 1. The van der Waals surface area contributed by atoms with E-state index in [1.54, 1.807) is 14.0 Å². The summed E-state index contributed by atoms with van der Waals surface area (Å²) in [7, 11) is 1.64. The number of hydrogen-bond donors (Lipinski definition) is 2. The van der Waals surface area contributed by atoms with Crippen molar-refractivity contribution < 1.29 is 14.7 Å². The van der Waals surface area contributed by atoms with Crippen LogP contribution in [0.1, 0.15) is 43.7 Å². The van der Waals surface area contributed by atoms with Crippen LogP contribution in [0.15, 0.2) is 24.3 Å². The normalized spacial score (nSPS) is 17.3. The number of carboxylic acid groups (broad SMARTS) is 1. The molecule has 1 saturated carbocycles. The van der Waals surface area contributed by atoms with Gasteiger partial charge in [0.2, 0.25) is 0 Å². The van der Waals surface area contributed by atoms with Crippen LogP contribution in [-0.2, 0) is 10.2 Å². The van der Waals surface area contributed by atoms with E-state index < -0.39 is 11.9 Å². The summed E-state index contributed by atoms with van der Waals surface area (Å²) < 4.78 is 0. The summed E-state index contributed by atoms with van der Waals surface area (Å²) in [6.07, 6.45) is 4.50. The molecule has 1 unspecified atom stereocenters. The largest absolute Gasteiger partial charge is 0.481 e. The Kier molecular flexibility index (Phi) is 5.86. The highest BCUT2D eigenvalue weighted by Crippen LogP contribution is 2.40. The molecule has 0 aromatic heterocycles. The molecular formula is C19H28N2O3. The van der Waals surface area contributed by atoms with Crippen LogP contribution in [0.4, 0.5) is 4.79 Å². The molecule has 5 nitrogen and oxygen atoms in total. The van der Waals surface area contributed by atoms with E-state index in [4.69, 9.17) is 5.11 Å². The molecule has 0 aliphatic heterocycles. The Labute approximate surface area is 144 Å². The summed E-state index contributed by atoms with van der Waals surface area (Å²) in [5.41, 5.74) is 2.53. The van der Waals surface area contributed by atoms with Crippen molar-refractivity contribution in [1.82, 2.24) is 10.2 Å². The van der Waals surface area contributed by atoms with Gasteiger partial charge in [-0.05, 0) is 25.3 Å². The fourth-order valence-corrected chi connectivity index (χ4v) is 3.55. The number of aryl methyl sites for hydroxylation is 1. The third-order valence-corrected chi connectivity index (χ3v) is 5.09. The Morgan fingerprint density at radius 2 is 2.00 bits per heavy atom. The van der Waals surface area contributed by atoms with Gasteiger partial charge in [-0.25, -0.2) is 4.79 Å². The smallest absolute Gasteiger partial charge is 0.317 e. The third-order valence-electron chi connectivity index (χ3n) is 5.09. The second-order valence-electron chi connectivity index (χ2n) is 7.14. The van der Waals surface area contributed by atoms with Crippen molar-refractivity contribution in [3.05, 3.63) is 35.4 Å². The highest BCUT2D eigenvalue weighted by atomic mass is 16.4. The Morgan fingerprint density at radius 3 is 2.58 bits per heavy atom. The van der Waals surface area contributed by atoms with E-state index in [1.165, 1.54) is 28.9 Å². The highest BCUT2D eigenvalue weighted by molar-refractivity contribution is 5.75. The molecule has 1 aromatic carbocycles. The van der Waals surface area contributed by atoms with Gasteiger partial charge in [-0.3, -0.25) is 4.79 Å². The minimum absolute atomic E-state index is 0.000927. The van der Waals surface area contributed by atoms with Crippen molar-refractivity contribution in [2.24, 2.45) is 5.92 Å². The van der Waals surface area contributed by atoms with Crippen molar-refractivity contribution in [2.75, 3.05) is 20.1 Å². The number of aliphatic carboxylic acids is 1. The minimum atomic E-state index is -0.887. The van der Waals surface area contributed by atoms with Crippen LogP contribution in [-0.4, -0.2) is 42.1 Å². The second-order valence-corrected chi connectivity index (χ2v) is 7.14. The molecule has 0 radical (unpaired) electrons. The van der Waals surface area contributed by atoms with Gasteiger partial charge in [-0.15, -0.1) is 0 Å². The molecule has 0 bridgehead atoms. The van der Waals surface area contributed by atoms with Gasteiger partial charge in [0.05, 0.1) is 5.92 Å². The molecule has 1 atom stereocenters. The first-order valence-electron chi connectivity index (χ1n) is 8.63. The van der Waals surface area contributed by atoms with Crippen molar-refractivity contribution in [3.63, 3.8) is 0 Å². The molecular weight excluding hydrogens is 304 g/mol. The topological polar surface area (TPSA) is 69.6 Å². The van der Waals surface area contributed by atoms with E-state index >= 15 is 0 Å². The number of carbonyl (C=O) groups is 2. The standard InChI is InChI=1S/C19H28N2O3/c1-14-7-6-8-16(11-14)19(9-4-5-10-19)13-20-18(24)21(3)12-15(2)17(22)23/h6-8,11,15H,4-5,9-10,12-13H2,1-3H3,(H,20,24)(H,22,23). The molecule has 0 heterocycles. The van der Waals surface area contributed by atoms with Crippen molar-refractivity contribution in [3.8, 4) is 0 Å². The fraction of sp³-hybridized carbons (Fsp3) is 0.579. The van der Waals surface area contributed by atoms with E-state index in [0.29, 0.717) is 6.54 Å². The van der Waals surface area contributed by atoms with Gasteiger partial charge in [0, 0.05) is 25.6 Å². The Hall–Kier alpha value is -2.04. The molecule has 2 N–H and O–H groups in total. The fourth-order valence-electron chi connectivity index (χ4n) is 3.55. The first-order valence-corrected chi connectivity index (χ1v) is 8.63. The van der Waals surface area contributed by atoms with E-state index in [-0.39, 0.29) is 18.0 Å². The van der Waals surface area contributed by atoms with Gasteiger partial charge in [-0.2, -0.15) is 0 Å². The number of carboxylic acids is 1. The molecule has 5 heteroatoms. The van der Waals surface area contributed by atoms with Gasteiger partial charge in [-0.1, -0.05) is 49.6 Å². The summed E-state index contributed by atoms with van der Waals surface area (Å²) in [6, 6.07) is 8.33. The zero-order valence-corrected chi connectivity index (χ0v) is 14.8. The van der Waals surface area contributed by atoms with E-state index in [1.807, 2.05) is 0 Å². The molecule has 2 rings (SSSR count). The number of urea groups is 1. The number of carbonyl (C=O) groups excluding carboxylic acids is 1. The number of benzene rings is 1. The van der Waals surface area contributed by atoms with E-state index in [9.17, 15) is 9.59 Å². The van der Waals surface area contributed by atoms with Crippen LogP contribution < -0.4 is 5.32 Å².